The van der Waals surface area contributed by atoms with E-state index < -0.39 is 0 Å². The van der Waals surface area contributed by atoms with Crippen molar-refractivity contribution in [3.63, 3.8) is 0 Å². The highest BCUT2D eigenvalue weighted by atomic mass is 79.9. The first-order valence-corrected chi connectivity index (χ1v) is 9.22. The summed E-state index contributed by atoms with van der Waals surface area (Å²) in [5, 5.41) is 4.20. The molecule has 1 amide bonds. The number of amides is 1. The lowest BCUT2D eigenvalue weighted by Gasteiger charge is -2.23. The first kappa shape index (κ1) is 20.0. The maximum absolute atomic E-state index is 12.1. The van der Waals surface area contributed by atoms with Gasteiger partial charge in [-0.3, -0.25) is 4.90 Å². The second-order valence-corrected chi connectivity index (χ2v) is 6.62. The van der Waals surface area contributed by atoms with Crippen LogP contribution in [-0.4, -0.2) is 25.5 Å². The van der Waals surface area contributed by atoms with Crippen molar-refractivity contribution in [2.45, 2.75) is 26.9 Å². The van der Waals surface area contributed by atoms with E-state index in [1.807, 2.05) is 62.4 Å². The average Bonchev–Trinajstić information content (AvgIpc) is 2.66. The Labute approximate surface area is 162 Å². The minimum atomic E-state index is -0.381. The quantitative estimate of drug-likeness (QED) is 0.448. The summed E-state index contributed by atoms with van der Waals surface area (Å²) in [5.74, 6) is 0. The van der Waals surface area contributed by atoms with E-state index in [0.717, 1.165) is 33.4 Å². The SMILES string of the molecule is CCCN(C(=O)OC)c1ccccc1CON=C(C)c1ccc(Br)cc1. The molecule has 0 spiro atoms. The van der Waals surface area contributed by atoms with Gasteiger partial charge in [0.15, 0.2) is 0 Å². The molecule has 0 heterocycles. The van der Waals surface area contributed by atoms with Gasteiger partial charge in [-0.2, -0.15) is 0 Å². The fourth-order valence-electron chi connectivity index (χ4n) is 2.48. The van der Waals surface area contributed by atoms with Gasteiger partial charge >= 0.3 is 6.09 Å². The molecule has 0 N–H and O–H groups in total. The van der Waals surface area contributed by atoms with Gasteiger partial charge in [0.1, 0.15) is 6.61 Å². The minimum absolute atomic E-state index is 0.265. The number of para-hydroxylation sites is 1. The Morgan fingerprint density at radius 2 is 1.85 bits per heavy atom. The normalized spacial score (nSPS) is 11.2. The predicted octanol–water partition coefficient (Wildman–Crippen LogP) is 5.37. The van der Waals surface area contributed by atoms with Gasteiger partial charge in [0, 0.05) is 16.6 Å². The topological polar surface area (TPSA) is 51.1 Å². The summed E-state index contributed by atoms with van der Waals surface area (Å²) >= 11 is 3.42. The summed E-state index contributed by atoms with van der Waals surface area (Å²) in [4.78, 5) is 19.2. The Bertz CT molecular complexity index is 760. The smallest absolute Gasteiger partial charge is 0.414 e. The van der Waals surface area contributed by atoms with Crippen molar-refractivity contribution in [2.75, 3.05) is 18.6 Å². The van der Waals surface area contributed by atoms with Gasteiger partial charge in [0.2, 0.25) is 0 Å². The van der Waals surface area contributed by atoms with Crippen LogP contribution < -0.4 is 4.90 Å². The van der Waals surface area contributed by atoms with Crippen molar-refractivity contribution >= 4 is 33.4 Å². The van der Waals surface area contributed by atoms with Gasteiger partial charge < -0.3 is 9.57 Å². The van der Waals surface area contributed by atoms with Gasteiger partial charge in [-0.25, -0.2) is 4.79 Å². The first-order chi connectivity index (χ1) is 12.6. The highest BCUT2D eigenvalue weighted by Gasteiger charge is 2.18. The highest BCUT2D eigenvalue weighted by Crippen LogP contribution is 2.22. The molecule has 2 rings (SSSR count). The molecule has 0 atom stereocenters. The Kier molecular flexibility index (Phi) is 7.66. The van der Waals surface area contributed by atoms with Crippen LogP contribution in [0.25, 0.3) is 0 Å². The molecule has 138 valence electrons. The predicted molar refractivity (Wildman–Crippen MR) is 108 cm³/mol. The van der Waals surface area contributed by atoms with Crippen LogP contribution >= 0.6 is 15.9 Å². The summed E-state index contributed by atoms with van der Waals surface area (Å²) in [7, 11) is 1.38. The molecule has 0 radical (unpaired) electrons. The van der Waals surface area contributed by atoms with Crippen molar-refractivity contribution in [1.82, 2.24) is 0 Å². The van der Waals surface area contributed by atoms with Gasteiger partial charge in [-0.15, -0.1) is 0 Å². The van der Waals surface area contributed by atoms with Gasteiger partial charge in [0.05, 0.1) is 18.5 Å². The van der Waals surface area contributed by atoms with Crippen LogP contribution in [0, 0.1) is 0 Å². The number of benzene rings is 2. The van der Waals surface area contributed by atoms with Crippen LogP contribution in [0.1, 0.15) is 31.4 Å². The number of oxime groups is 1. The summed E-state index contributed by atoms with van der Waals surface area (Å²) in [5.41, 5.74) is 3.42. The summed E-state index contributed by atoms with van der Waals surface area (Å²) < 4.78 is 5.92. The number of methoxy groups -OCH3 is 1. The number of halogens is 1. The van der Waals surface area contributed by atoms with Gasteiger partial charge in [-0.05, 0) is 37.1 Å². The zero-order chi connectivity index (χ0) is 18.9. The van der Waals surface area contributed by atoms with Crippen LogP contribution in [0.15, 0.2) is 58.2 Å². The fourth-order valence-corrected chi connectivity index (χ4v) is 2.75. The van der Waals surface area contributed by atoms with Crippen LogP contribution in [0.4, 0.5) is 10.5 Å². The van der Waals surface area contributed by atoms with E-state index in [-0.39, 0.29) is 12.7 Å². The standard InChI is InChI=1S/C20H23BrN2O3/c1-4-13-23(20(24)25-3)19-8-6-5-7-17(19)14-26-22-15(2)16-9-11-18(21)12-10-16/h5-12H,4,13-14H2,1-3H3. The van der Waals surface area contributed by atoms with Crippen molar-refractivity contribution in [3.05, 3.63) is 64.1 Å². The first-order valence-electron chi connectivity index (χ1n) is 8.42. The number of hydrogen-bond donors (Lipinski definition) is 0. The van der Waals surface area contributed by atoms with Crippen molar-refractivity contribution in [3.8, 4) is 0 Å². The fraction of sp³-hybridized carbons (Fsp3) is 0.300. The molecule has 0 aromatic heterocycles. The monoisotopic (exact) mass is 418 g/mol. The number of ether oxygens (including phenoxy) is 1. The molecule has 5 nitrogen and oxygen atoms in total. The lowest BCUT2D eigenvalue weighted by Crippen LogP contribution is -2.32. The number of nitrogens with zero attached hydrogens (tertiary/aromatic N) is 2. The molecule has 0 fully saturated rings. The maximum Gasteiger partial charge on any atom is 0.414 e. The van der Waals surface area contributed by atoms with Crippen LogP contribution in [0.2, 0.25) is 0 Å². The second kappa shape index (κ2) is 9.97. The third-order valence-electron chi connectivity index (χ3n) is 3.81. The molecule has 0 bridgehead atoms. The number of carbonyl (C=O) groups is 1. The van der Waals surface area contributed by atoms with E-state index in [4.69, 9.17) is 9.57 Å². The van der Waals surface area contributed by atoms with E-state index in [1.165, 1.54) is 7.11 Å². The number of hydrogen-bond acceptors (Lipinski definition) is 4. The molecule has 26 heavy (non-hydrogen) atoms. The Morgan fingerprint density at radius 1 is 1.15 bits per heavy atom. The molecule has 0 aliphatic carbocycles. The highest BCUT2D eigenvalue weighted by molar-refractivity contribution is 9.10. The number of anilines is 1. The molecule has 2 aromatic rings. The van der Waals surface area contributed by atoms with E-state index >= 15 is 0 Å². The average molecular weight is 419 g/mol. The zero-order valence-corrected chi connectivity index (χ0v) is 16.8. The summed E-state index contributed by atoms with van der Waals surface area (Å²) in [6.45, 7) is 4.75. The van der Waals surface area contributed by atoms with E-state index in [1.54, 1.807) is 4.90 Å². The lowest BCUT2D eigenvalue weighted by atomic mass is 10.1. The Morgan fingerprint density at radius 3 is 2.50 bits per heavy atom. The molecule has 0 unspecified atom stereocenters. The summed E-state index contributed by atoms with van der Waals surface area (Å²) in [6.07, 6.45) is 0.444. The molecular formula is C20H23BrN2O3. The van der Waals surface area contributed by atoms with Gasteiger partial charge in [-0.1, -0.05) is 58.3 Å². The largest absolute Gasteiger partial charge is 0.452 e. The zero-order valence-electron chi connectivity index (χ0n) is 15.2. The summed E-state index contributed by atoms with van der Waals surface area (Å²) in [6, 6.07) is 15.5. The number of rotatable bonds is 7. The molecule has 0 aliphatic heterocycles. The lowest BCUT2D eigenvalue weighted by molar-refractivity contribution is 0.130. The second-order valence-electron chi connectivity index (χ2n) is 5.71. The van der Waals surface area contributed by atoms with Gasteiger partial charge in [0.25, 0.3) is 0 Å². The van der Waals surface area contributed by atoms with Crippen molar-refractivity contribution in [1.29, 1.82) is 0 Å². The Hall–Kier alpha value is -2.34. The van der Waals surface area contributed by atoms with E-state index in [2.05, 4.69) is 21.1 Å². The van der Waals surface area contributed by atoms with Crippen molar-refractivity contribution in [2.24, 2.45) is 5.16 Å². The molecule has 2 aromatic carbocycles. The third-order valence-corrected chi connectivity index (χ3v) is 4.34. The molecule has 6 heteroatoms. The van der Waals surface area contributed by atoms with Crippen LogP contribution in [-0.2, 0) is 16.2 Å². The maximum atomic E-state index is 12.1. The van der Waals surface area contributed by atoms with Crippen molar-refractivity contribution < 1.29 is 14.4 Å². The van der Waals surface area contributed by atoms with E-state index in [9.17, 15) is 4.79 Å². The van der Waals surface area contributed by atoms with E-state index in [0.29, 0.717) is 6.54 Å². The third kappa shape index (κ3) is 5.33. The molecule has 0 aliphatic rings. The molecular weight excluding hydrogens is 396 g/mol. The Balaban J connectivity index is 2.13. The van der Waals surface area contributed by atoms with Crippen LogP contribution in [0.3, 0.4) is 0 Å². The van der Waals surface area contributed by atoms with Crippen LogP contribution in [0.5, 0.6) is 0 Å². The minimum Gasteiger partial charge on any atom is -0.452 e. The molecule has 0 saturated heterocycles. The number of carbonyl (C=O) groups excluding carboxylic acids is 1. The molecule has 0 saturated carbocycles.